The summed E-state index contributed by atoms with van der Waals surface area (Å²) in [6.07, 6.45) is 50.3. The Bertz CT molecular complexity index is 754. The van der Waals surface area contributed by atoms with Gasteiger partial charge < -0.3 is 20.6 Å². The molecule has 0 rings (SSSR count). The van der Waals surface area contributed by atoms with E-state index in [9.17, 15) is 20.1 Å². The monoisotopic (exact) mass is 720 g/mol. The molecule has 0 aliphatic heterocycles. The van der Waals surface area contributed by atoms with E-state index in [-0.39, 0.29) is 18.9 Å². The number of nitrogens with one attached hydrogen (secondary N) is 1. The third kappa shape index (κ3) is 38.4. The van der Waals surface area contributed by atoms with Crippen LogP contribution in [0.1, 0.15) is 239 Å². The summed E-state index contributed by atoms with van der Waals surface area (Å²) < 4.78 is 0. The van der Waals surface area contributed by atoms with Crippen molar-refractivity contribution in [3.63, 3.8) is 0 Å². The maximum Gasteiger partial charge on any atom is 0.222 e. The second kappa shape index (κ2) is 41.6. The molecule has 0 aromatic heterocycles. The van der Waals surface area contributed by atoms with Crippen LogP contribution in [0.15, 0.2) is 24.3 Å². The van der Waals surface area contributed by atoms with E-state index in [1.165, 1.54) is 173 Å². The van der Waals surface area contributed by atoms with Crippen molar-refractivity contribution in [3.05, 3.63) is 24.3 Å². The van der Waals surface area contributed by atoms with Crippen molar-refractivity contribution in [2.75, 3.05) is 6.61 Å². The third-order valence-electron chi connectivity index (χ3n) is 10.5. The van der Waals surface area contributed by atoms with E-state index in [1.54, 1.807) is 6.08 Å². The molecule has 0 spiro atoms. The van der Waals surface area contributed by atoms with Crippen molar-refractivity contribution in [3.8, 4) is 0 Å². The average Bonchev–Trinajstić information content (AvgIpc) is 3.12. The molecule has 0 bridgehead atoms. The van der Waals surface area contributed by atoms with Crippen LogP contribution < -0.4 is 5.32 Å². The first-order valence-electron chi connectivity index (χ1n) is 22.6. The number of aliphatic hydroxyl groups excluding tert-OH is 3. The maximum atomic E-state index is 12.4. The Morgan fingerprint density at radius 1 is 0.490 bits per heavy atom. The number of hydrogen-bond donors (Lipinski definition) is 4. The molecule has 0 saturated carbocycles. The van der Waals surface area contributed by atoms with Crippen LogP contribution in [0.5, 0.6) is 0 Å². The smallest absolute Gasteiger partial charge is 0.222 e. The molecule has 302 valence electrons. The van der Waals surface area contributed by atoms with Crippen molar-refractivity contribution in [1.82, 2.24) is 5.32 Å². The van der Waals surface area contributed by atoms with Crippen LogP contribution in [0, 0.1) is 0 Å². The van der Waals surface area contributed by atoms with Crippen molar-refractivity contribution in [2.24, 2.45) is 0 Å². The van der Waals surface area contributed by atoms with Gasteiger partial charge in [0.2, 0.25) is 5.91 Å². The van der Waals surface area contributed by atoms with E-state index >= 15 is 0 Å². The summed E-state index contributed by atoms with van der Waals surface area (Å²) in [6, 6.07) is -0.744. The summed E-state index contributed by atoms with van der Waals surface area (Å²) in [5.41, 5.74) is 0. The largest absolute Gasteiger partial charge is 0.394 e. The minimum Gasteiger partial charge on any atom is -0.394 e. The van der Waals surface area contributed by atoms with E-state index in [2.05, 4.69) is 31.3 Å². The summed E-state index contributed by atoms with van der Waals surface area (Å²) in [5.74, 6) is -0.319. The first-order chi connectivity index (χ1) is 25.0. The van der Waals surface area contributed by atoms with Gasteiger partial charge in [0.05, 0.1) is 31.3 Å². The first-order valence-corrected chi connectivity index (χ1v) is 22.6. The fraction of sp³-hybridized carbons (Fsp3) is 0.891. The van der Waals surface area contributed by atoms with Crippen LogP contribution in [0.25, 0.3) is 0 Å². The van der Waals surface area contributed by atoms with Crippen molar-refractivity contribution < 1.29 is 20.1 Å². The van der Waals surface area contributed by atoms with Gasteiger partial charge in [0.15, 0.2) is 0 Å². The van der Waals surface area contributed by atoms with Crippen molar-refractivity contribution in [2.45, 2.75) is 257 Å². The van der Waals surface area contributed by atoms with Crippen LogP contribution in [0.3, 0.4) is 0 Å². The summed E-state index contributed by atoms with van der Waals surface area (Å²) in [5, 5.41) is 33.2. The number of hydrogen-bond acceptors (Lipinski definition) is 4. The highest BCUT2D eigenvalue weighted by molar-refractivity contribution is 5.76. The zero-order chi connectivity index (χ0) is 37.3. The molecule has 0 aromatic carbocycles. The normalized spacial score (nSPS) is 13.7. The van der Waals surface area contributed by atoms with Crippen LogP contribution in [0.4, 0.5) is 0 Å². The van der Waals surface area contributed by atoms with Gasteiger partial charge in [-0.2, -0.15) is 0 Å². The third-order valence-corrected chi connectivity index (χ3v) is 10.5. The number of carbonyl (C=O) groups excluding carboxylic acids is 1. The molecule has 0 fully saturated rings. The molecule has 1 amide bonds. The predicted octanol–water partition coefficient (Wildman–Crippen LogP) is 13.0. The van der Waals surface area contributed by atoms with Gasteiger partial charge in [0.25, 0.3) is 0 Å². The van der Waals surface area contributed by atoms with E-state index < -0.39 is 18.2 Å². The zero-order valence-electron chi connectivity index (χ0n) is 34.2. The molecule has 0 saturated heterocycles. The SMILES string of the molecule is CCCCCCCCCCCCC/C=C\CCCCCCCC(O)CC(=O)NC(CO)C(O)/C=C/CCCCCCCCCCCCCCCC. The van der Waals surface area contributed by atoms with E-state index in [0.29, 0.717) is 6.42 Å². The predicted molar refractivity (Wildman–Crippen MR) is 222 cm³/mol. The van der Waals surface area contributed by atoms with Crippen LogP contribution in [-0.4, -0.2) is 46.1 Å². The fourth-order valence-corrected chi connectivity index (χ4v) is 6.98. The molecule has 51 heavy (non-hydrogen) atoms. The number of carbonyl (C=O) groups is 1. The molecule has 0 aromatic rings. The molecular formula is C46H89NO4. The van der Waals surface area contributed by atoms with E-state index in [1.807, 2.05) is 6.08 Å². The summed E-state index contributed by atoms with van der Waals surface area (Å²) in [7, 11) is 0. The van der Waals surface area contributed by atoms with Crippen LogP contribution in [0.2, 0.25) is 0 Å². The lowest BCUT2D eigenvalue weighted by Gasteiger charge is -2.21. The highest BCUT2D eigenvalue weighted by atomic mass is 16.3. The number of unbranched alkanes of at least 4 members (excludes halogenated alkanes) is 30. The van der Waals surface area contributed by atoms with Gasteiger partial charge in [0.1, 0.15) is 0 Å². The molecular weight excluding hydrogens is 631 g/mol. The standard InChI is InChI=1S/C46H89NO4/c1-3-5-7-9-11-13-15-17-19-21-22-23-24-25-27-29-31-33-35-37-39-43(49)41-46(51)47-44(42-48)45(50)40-38-36-34-32-30-28-26-20-18-16-14-12-10-8-6-4-2/h24-25,38,40,43-45,48-50H,3-23,26-37,39,41-42H2,1-2H3,(H,47,51)/b25-24-,40-38+. The summed E-state index contributed by atoms with van der Waals surface area (Å²) in [4.78, 5) is 12.4. The number of amides is 1. The molecule has 0 aliphatic carbocycles. The lowest BCUT2D eigenvalue weighted by Crippen LogP contribution is -2.45. The highest BCUT2D eigenvalue weighted by Crippen LogP contribution is 2.15. The summed E-state index contributed by atoms with van der Waals surface area (Å²) in [6.45, 7) is 4.22. The average molecular weight is 720 g/mol. The maximum absolute atomic E-state index is 12.4. The van der Waals surface area contributed by atoms with Crippen molar-refractivity contribution in [1.29, 1.82) is 0 Å². The Hall–Kier alpha value is -1.17. The second-order valence-corrected chi connectivity index (χ2v) is 15.7. The second-order valence-electron chi connectivity index (χ2n) is 15.7. The highest BCUT2D eigenvalue weighted by Gasteiger charge is 2.20. The Kier molecular flexibility index (Phi) is 40.6. The van der Waals surface area contributed by atoms with Gasteiger partial charge >= 0.3 is 0 Å². The molecule has 0 radical (unpaired) electrons. The first kappa shape index (κ1) is 49.8. The van der Waals surface area contributed by atoms with Crippen LogP contribution >= 0.6 is 0 Å². The fourth-order valence-electron chi connectivity index (χ4n) is 6.98. The molecule has 0 aliphatic rings. The van der Waals surface area contributed by atoms with Crippen molar-refractivity contribution >= 4 is 5.91 Å². The lowest BCUT2D eigenvalue weighted by molar-refractivity contribution is -0.124. The molecule has 3 atom stereocenters. The molecule has 3 unspecified atom stereocenters. The number of allylic oxidation sites excluding steroid dienone is 3. The van der Waals surface area contributed by atoms with Gasteiger partial charge in [-0.1, -0.05) is 212 Å². The minimum atomic E-state index is -0.929. The van der Waals surface area contributed by atoms with Gasteiger partial charge in [-0.15, -0.1) is 0 Å². The number of aliphatic hydroxyl groups is 3. The molecule has 0 heterocycles. The summed E-state index contributed by atoms with van der Waals surface area (Å²) >= 11 is 0. The Labute approximate surface area is 318 Å². The van der Waals surface area contributed by atoms with Crippen LogP contribution in [-0.2, 0) is 4.79 Å². The quantitative estimate of drug-likeness (QED) is 0.0374. The topological polar surface area (TPSA) is 89.8 Å². The lowest BCUT2D eigenvalue weighted by atomic mass is 10.0. The Morgan fingerprint density at radius 2 is 0.824 bits per heavy atom. The Morgan fingerprint density at radius 3 is 1.20 bits per heavy atom. The van der Waals surface area contributed by atoms with Gasteiger partial charge in [-0.25, -0.2) is 0 Å². The number of rotatable bonds is 41. The molecule has 5 nitrogen and oxygen atoms in total. The molecule has 5 heteroatoms. The van der Waals surface area contributed by atoms with E-state index in [4.69, 9.17) is 0 Å². The minimum absolute atomic E-state index is 0.00982. The van der Waals surface area contributed by atoms with Gasteiger partial charge in [-0.3, -0.25) is 4.79 Å². The van der Waals surface area contributed by atoms with Gasteiger partial charge in [0, 0.05) is 0 Å². The zero-order valence-corrected chi connectivity index (χ0v) is 34.2. The van der Waals surface area contributed by atoms with Gasteiger partial charge in [-0.05, 0) is 44.9 Å². The van der Waals surface area contributed by atoms with E-state index in [0.717, 1.165) is 38.5 Å². The Balaban J connectivity index is 3.66. The molecule has 4 N–H and O–H groups in total.